The van der Waals surface area contributed by atoms with E-state index in [0.717, 1.165) is 11.3 Å². The van der Waals surface area contributed by atoms with Gasteiger partial charge in [-0.15, -0.1) is 0 Å². The van der Waals surface area contributed by atoms with Crippen molar-refractivity contribution in [2.75, 3.05) is 5.32 Å². The minimum Gasteiger partial charge on any atom is -0.467 e. The van der Waals surface area contributed by atoms with Crippen molar-refractivity contribution < 1.29 is 18.8 Å². The van der Waals surface area contributed by atoms with Crippen LogP contribution >= 0.6 is 0 Å². The van der Waals surface area contributed by atoms with Crippen LogP contribution in [-0.2, 0) is 13.0 Å². The van der Waals surface area contributed by atoms with Crippen molar-refractivity contribution in [2.45, 2.75) is 19.9 Å². The van der Waals surface area contributed by atoms with Gasteiger partial charge in [-0.05, 0) is 54.4 Å². The summed E-state index contributed by atoms with van der Waals surface area (Å²) in [5, 5.41) is 2.81. The molecular formula is C22H18N2O4. The molecule has 2 aromatic carbocycles. The number of carbonyl (C=O) groups is 3. The smallest absolute Gasteiger partial charge is 0.261 e. The third-order valence-corrected chi connectivity index (χ3v) is 4.75. The lowest BCUT2D eigenvalue weighted by molar-refractivity contribution is 0.0631. The molecule has 3 amide bonds. The first kappa shape index (κ1) is 17.7. The Bertz CT molecular complexity index is 1050. The van der Waals surface area contributed by atoms with Crippen LogP contribution in [0.3, 0.4) is 0 Å². The minimum atomic E-state index is -0.432. The molecule has 1 aromatic heterocycles. The minimum absolute atomic E-state index is 0.0602. The second-order valence-corrected chi connectivity index (χ2v) is 6.54. The molecular weight excluding hydrogens is 356 g/mol. The molecule has 6 heteroatoms. The number of imide groups is 1. The van der Waals surface area contributed by atoms with Crippen LogP contribution in [0.4, 0.5) is 5.69 Å². The largest absolute Gasteiger partial charge is 0.467 e. The molecule has 0 radical (unpaired) electrons. The van der Waals surface area contributed by atoms with Crippen LogP contribution in [0.25, 0.3) is 0 Å². The molecule has 1 aliphatic heterocycles. The molecule has 0 bridgehead atoms. The Kier molecular flexibility index (Phi) is 4.53. The van der Waals surface area contributed by atoms with E-state index in [0.29, 0.717) is 22.6 Å². The standard InChI is InChI=1S/C22H18N2O4/c1-2-14-5-8-16(9-6-14)23-20(25)15-7-10-18-19(12-15)22(27)24(21(18)26)13-17-4-3-11-28-17/h3-12H,2,13H2,1H3,(H,23,25). The molecule has 0 unspecified atom stereocenters. The van der Waals surface area contributed by atoms with Gasteiger partial charge in [-0.25, -0.2) is 0 Å². The number of furan rings is 1. The van der Waals surface area contributed by atoms with E-state index in [9.17, 15) is 14.4 Å². The van der Waals surface area contributed by atoms with Crippen molar-refractivity contribution >= 4 is 23.4 Å². The van der Waals surface area contributed by atoms with Crippen LogP contribution in [0.1, 0.15) is 49.3 Å². The predicted molar refractivity (Wildman–Crippen MR) is 103 cm³/mol. The van der Waals surface area contributed by atoms with Gasteiger partial charge in [0.2, 0.25) is 0 Å². The fraction of sp³-hybridized carbons (Fsp3) is 0.136. The molecule has 0 spiro atoms. The van der Waals surface area contributed by atoms with Crippen LogP contribution in [-0.4, -0.2) is 22.6 Å². The van der Waals surface area contributed by atoms with Gasteiger partial charge in [-0.1, -0.05) is 19.1 Å². The number of benzene rings is 2. The molecule has 0 saturated carbocycles. The Labute approximate surface area is 161 Å². The molecule has 0 saturated heterocycles. The first-order chi connectivity index (χ1) is 13.6. The Morgan fingerprint density at radius 2 is 1.75 bits per heavy atom. The highest BCUT2D eigenvalue weighted by Crippen LogP contribution is 2.26. The Balaban J connectivity index is 1.54. The number of fused-ring (bicyclic) bond motifs is 1. The summed E-state index contributed by atoms with van der Waals surface area (Å²) in [4.78, 5) is 38.9. The van der Waals surface area contributed by atoms with Crippen molar-refractivity contribution in [2.24, 2.45) is 0 Å². The third-order valence-electron chi connectivity index (χ3n) is 4.75. The maximum absolute atomic E-state index is 12.7. The number of nitrogens with zero attached hydrogens (tertiary/aromatic N) is 1. The molecule has 6 nitrogen and oxygen atoms in total. The van der Waals surface area contributed by atoms with Gasteiger partial charge < -0.3 is 9.73 Å². The fourth-order valence-corrected chi connectivity index (χ4v) is 3.16. The molecule has 0 fully saturated rings. The first-order valence-corrected chi connectivity index (χ1v) is 8.99. The zero-order chi connectivity index (χ0) is 19.7. The average molecular weight is 374 g/mol. The van der Waals surface area contributed by atoms with E-state index in [1.807, 2.05) is 24.3 Å². The predicted octanol–water partition coefficient (Wildman–Crippen LogP) is 3.89. The molecule has 1 N–H and O–H groups in total. The first-order valence-electron chi connectivity index (χ1n) is 8.99. The maximum atomic E-state index is 12.7. The summed E-state index contributed by atoms with van der Waals surface area (Å²) in [6.45, 7) is 2.12. The van der Waals surface area contributed by atoms with E-state index in [2.05, 4.69) is 12.2 Å². The lowest BCUT2D eigenvalue weighted by atomic mass is 10.1. The van der Waals surface area contributed by atoms with Crippen LogP contribution in [0, 0.1) is 0 Å². The zero-order valence-corrected chi connectivity index (χ0v) is 15.3. The van der Waals surface area contributed by atoms with Gasteiger partial charge in [0, 0.05) is 11.3 Å². The van der Waals surface area contributed by atoms with E-state index in [1.54, 1.807) is 18.2 Å². The maximum Gasteiger partial charge on any atom is 0.261 e. The molecule has 0 aliphatic carbocycles. The summed E-state index contributed by atoms with van der Waals surface area (Å²) in [5.74, 6) is -0.642. The van der Waals surface area contributed by atoms with E-state index in [-0.39, 0.29) is 18.0 Å². The molecule has 140 valence electrons. The van der Waals surface area contributed by atoms with E-state index in [4.69, 9.17) is 4.42 Å². The SMILES string of the molecule is CCc1ccc(NC(=O)c2ccc3c(c2)C(=O)N(Cc2ccco2)C3=O)cc1. The Hall–Kier alpha value is -3.67. The lowest BCUT2D eigenvalue weighted by Gasteiger charge is -2.11. The topological polar surface area (TPSA) is 79.6 Å². The van der Waals surface area contributed by atoms with Crippen LogP contribution in [0.5, 0.6) is 0 Å². The van der Waals surface area contributed by atoms with Crippen molar-refractivity contribution in [3.63, 3.8) is 0 Å². The summed E-state index contributed by atoms with van der Waals surface area (Å²) in [6, 6.07) is 15.5. The summed E-state index contributed by atoms with van der Waals surface area (Å²) >= 11 is 0. The average Bonchev–Trinajstić information content (AvgIpc) is 3.31. The number of anilines is 1. The van der Waals surface area contributed by atoms with Gasteiger partial charge in [0.25, 0.3) is 17.7 Å². The van der Waals surface area contributed by atoms with Gasteiger partial charge in [0.05, 0.1) is 23.9 Å². The fourth-order valence-electron chi connectivity index (χ4n) is 3.16. The number of amides is 3. The highest BCUT2D eigenvalue weighted by molar-refractivity contribution is 6.22. The second kappa shape index (κ2) is 7.15. The van der Waals surface area contributed by atoms with E-state index >= 15 is 0 Å². The third kappa shape index (κ3) is 3.20. The van der Waals surface area contributed by atoms with Crippen LogP contribution < -0.4 is 5.32 Å². The highest BCUT2D eigenvalue weighted by Gasteiger charge is 2.36. The Morgan fingerprint density at radius 1 is 1.00 bits per heavy atom. The molecule has 3 aromatic rings. The van der Waals surface area contributed by atoms with Gasteiger partial charge in [0.1, 0.15) is 5.76 Å². The van der Waals surface area contributed by atoms with E-state index < -0.39 is 11.8 Å². The monoisotopic (exact) mass is 374 g/mol. The van der Waals surface area contributed by atoms with Gasteiger partial charge in [0.15, 0.2) is 0 Å². The number of rotatable bonds is 5. The van der Waals surface area contributed by atoms with Crippen molar-refractivity contribution in [3.05, 3.63) is 88.9 Å². The normalized spacial score (nSPS) is 13.0. The summed E-state index contributed by atoms with van der Waals surface area (Å²) in [6.07, 6.45) is 2.41. The summed E-state index contributed by atoms with van der Waals surface area (Å²) in [7, 11) is 0. The van der Waals surface area contributed by atoms with Crippen LogP contribution in [0.2, 0.25) is 0 Å². The number of hydrogen-bond donors (Lipinski definition) is 1. The number of aryl methyl sites for hydroxylation is 1. The molecule has 28 heavy (non-hydrogen) atoms. The van der Waals surface area contributed by atoms with Gasteiger partial charge in [-0.3, -0.25) is 19.3 Å². The number of nitrogens with one attached hydrogen (secondary N) is 1. The second-order valence-electron chi connectivity index (χ2n) is 6.54. The molecule has 0 atom stereocenters. The van der Waals surface area contributed by atoms with Crippen molar-refractivity contribution in [3.8, 4) is 0 Å². The Morgan fingerprint density at radius 3 is 2.43 bits per heavy atom. The van der Waals surface area contributed by atoms with Gasteiger partial charge in [-0.2, -0.15) is 0 Å². The number of hydrogen-bond acceptors (Lipinski definition) is 4. The summed E-state index contributed by atoms with van der Waals surface area (Å²) in [5.41, 5.74) is 2.69. The van der Waals surface area contributed by atoms with Crippen molar-refractivity contribution in [1.29, 1.82) is 0 Å². The van der Waals surface area contributed by atoms with Crippen LogP contribution in [0.15, 0.2) is 65.3 Å². The van der Waals surface area contributed by atoms with Crippen molar-refractivity contribution in [1.82, 2.24) is 4.90 Å². The quantitative estimate of drug-likeness (QED) is 0.687. The van der Waals surface area contributed by atoms with E-state index in [1.165, 1.54) is 24.0 Å². The molecule has 1 aliphatic rings. The molecule has 2 heterocycles. The van der Waals surface area contributed by atoms with Gasteiger partial charge >= 0.3 is 0 Å². The highest BCUT2D eigenvalue weighted by atomic mass is 16.3. The lowest BCUT2D eigenvalue weighted by Crippen LogP contribution is -2.28. The molecule has 4 rings (SSSR count). The number of carbonyl (C=O) groups excluding carboxylic acids is 3. The zero-order valence-electron chi connectivity index (χ0n) is 15.3. The summed E-state index contributed by atoms with van der Waals surface area (Å²) < 4.78 is 5.23.